The van der Waals surface area contributed by atoms with Gasteiger partial charge in [0, 0.05) is 5.69 Å². The molecular formula is C15H19FN6O. The Kier molecular flexibility index (Phi) is 4.08. The quantitative estimate of drug-likeness (QED) is 0.897. The van der Waals surface area contributed by atoms with Gasteiger partial charge in [-0.05, 0) is 48.4 Å². The third kappa shape index (κ3) is 3.07. The smallest absolute Gasteiger partial charge is 0.244 e. The van der Waals surface area contributed by atoms with Crippen LogP contribution in [0, 0.1) is 12.7 Å². The molecule has 7 nitrogen and oxygen atoms in total. The Labute approximate surface area is 133 Å². The molecule has 1 aromatic heterocycles. The Balaban J connectivity index is 1.84. The van der Waals surface area contributed by atoms with Gasteiger partial charge in [-0.1, -0.05) is 19.3 Å². The second kappa shape index (κ2) is 6.04. The number of hydrogen-bond donors (Lipinski definition) is 2. The molecule has 23 heavy (non-hydrogen) atoms. The highest BCUT2D eigenvalue weighted by molar-refractivity contribution is 5.98. The third-order valence-electron chi connectivity index (χ3n) is 4.26. The van der Waals surface area contributed by atoms with Crippen molar-refractivity contribution < 1.29 is 9.18 Å². The summed E-state index contributed by atoms with van der Waals surface area (Å²) in [4.78, 5) is 12.5. The minimum absolute atomic E-state index is 0.181. The summed E-state index contributed by atoms with van der Waals surface area (Å²) in [7, 11) is 0. The first-order valence-corrected chi connectivity index (χ1v) is 7.65. The summed E-state index contributed by atoms with van der Waals surface area (Å²) in [6.45, 7) is 1.67. The number of hydrogen-bond acceptors (Lipinski definition) is 5. The lowest BCUT2D eigenvalue weighted by molar-refractivity contribution is -0.122. The zero-order valence-electron chi connectivity index (χ0n) is 12.9. The van der Waals surface area contributed by atoms with Crippen LogP contribution >= 0.6 is 0 Å². The molecule has 1 aliphatic rings. The highest BCUT2D eigenvalue weighted by Crippen LogP contribution is 2.28. The number of anilines is 1. The Morgan fingerprint density at radius 2 is 2.09 bits per heavy atom. The number of amides is 1. The first kappa shape index (κ1) is 15.5. The molecule has 1 heterocycles. The SMILES string of the molecule is Cc1nnnn1-c1cc(NC(=O)C2(N)CCCCC2)ccc1F. The van der Waals surface area contributed by atoms with Crippen molar-refractivity contribution in [2.24, 2.45) is 5.73 Å². The van der Waals surface area contributed by atoms with Crippen molar-refractivity contribution in [1.82, 2.24) is 20.2 Å². The van der Waals surface area contributed by atoms with Gasteiger partial charge in [-0.15, -0.1) is 5.10 Å². The van der Waals surface area contributed by atoms with Crippen LogP contribution in [0.2, 0.25) is 0 Å². The summed E-state index contributed by atoms with van der Waals surface area (Å²) in [5, 5.41) is 13.8. The lowest BCUT2D eigenvalue weighted by Gasteiger charge is -2.31. The number of benzene rings is 1. The van der Waals surface area contributed by atoms with Crippen LogP contribution in [-0.2, 0) is 4.79 Å². The van der Waals surface area contributed by atoms with Crippen molar-refractivity contribution in [2.45, 2.75) is 44.6 Å². The number of halogens is 1. The molecule has 0 bridgehead atoms. The van der Waals surface area contributed by atoms with Crippen molar-refractivity contribution in [3.8, 4) is 5.69 Å². The minimum atomic E-state index is -0.850. The number of aryl methyl sites for hydroxylation is 1. The average molecular weight is 318 g/mol. The van der Waals surface area contributed by atoms with Crippen LogP contribution in [0.1, 0.15) is 37.9 Å². The lowest BCUT2D eigenvalue weighted by atomic mass is 9.82. The predicted octanol–water partition coefficient (Wildman–Crippen LogP) is 1.71. The number of aromatic nitrogens is 4. The van der Waals surface area contributed by atoms with E-state index in [1.165, 1.54) is 22.9 Å². The molecule has 122 valence electrons. The van der Waals surface area contributed by atoms with Crippen molar-refractivity contribution in [1.29, 1.82) is 0 Å². The van der Waals surface area contributed by atoms with Crippen molar-refractivity contribution in [3.05, 3.63) is 29.8 Å². The van der Waals surface area contributed by atoms with Gasteiger partial charge in [0.1, 0.15) is 11.5 Å². The fraction of sp³-hybridized carbons (Fsp3) is 0.467. The second-order valence-corrected chi connectivity index (χ2v) is 5.98. The summed E-state index contributed by atoms with van der Waals surface area (Å²) in [6, 6.07) is 4.28. The highest BCUT2D eigenvalue weighted by atomic mass is 19.1. The summed E-state index contributed by atoms with van der Waals surface area (Å²) in [5.74, 6) is -0.253. The molecular weight excluding hydrogens is 299 g/mol. The maximum atomic E-state index is 14.0. The van der Waals surface area contributed by atoms with E-state index in [-0.39, 0.29) is 11.6 Å². The van der Waals surface area contributed by atoms with E-state index in [2.05, 4.69) is 20.8 Å². The van der Waals surface area contributed by atoms with Gasteiger partial charge in [-0.2, -0.15) is 4.68 Å². The molecule has 0 spiro atoms. The molecule has 8 heteroatoms. The van der Waals surface area contributed by atoms with Gasteiger partial charge >= 0.3 is 0 Å². The number of rotatable bonds is 3. The zero-order chi connectivity index (χ0) is 16.4. The molecule has 3 N–H and O–H groups in total. The third-order valence-corrected chi connectivity index (χ3v) is 4.26. The Bertz CT molecular complexity index is 723. The van der Waals surface area contributed by atoms with E-state index in [4.69, 9.17) is 5.73 Å². The van der Waals surface area contributed by atoms with E-state index in [1.807, 2.05) is 0 Å². The molecule has 1 aliphatic carbocycles. The highest BCUT2D eigenvalue weighted by Gasteiger charge is 2.35. The number of nitrogens with zero attached hydrogens (tertiary/aromatic N) is 4. The molecule has 1 saturated carbocycles. The number of carbonyl (C=O) groups excluding carboxylic acids is 1. The molecule has 1 aromatic carbocycles. The molecule has 0 aliphatic heterocycles. The van der Waals surface area contributed by atoms with E-state index in [0.29, 0.717) is 24.4 Å². The predicted molar refractivity (Wildman–Crippen MR) is 82.5 cm³/mol. The molecule has 1 amide bonds. The van der Waals surface area contributed by atoms with Gasteiger partial charge < -0.3 is 11.1 Å². The summed E-state index contributed by atoms with van der Waals surface area (Å²) >= 11 is 0. The van der Waals surface area contributed by atoms with E-state index in [0.717, 1.165) is 19.3 Å². The van der Waals surface area contributed by atoms with Crippen LogP contribution in [0.5, 0.6) is 0 Å². The topological polar surface area (TPSA) is 98.7 Å². The van der Waals surface area contributed by atoms with E-state index < -0.39 is 11.4 Å². The van der Waals surface area contributed by atoms with Crippen LogP contribution in [0.4, 0.5) is 10.1 Å². The monoisotopic (exact) mass is 318 g/mol. The maximum absolute atomic E-state index is 14.0. The fourth-order valence-electron chi connectivity index (χ4n) is 2.87. The van der Waals surface area contributed by atoms with Crippen molar-refractivity contribution in [2.75, 3.05) is 5.32 Å². The first-order chi connectivity index (χ1) is 11.0. The standard InChI is InChI=1S/C15H19FN6O/c1-10-19-20-21-22(10)13-9-11(5-6-12(13)16)18-14(23)15(17)7-3-2-4-8-15/h5-6,9H,2-4,7-8,17H2,1H3,(H,18,23). The Morgan fingerprint density at radius 1 is 1.35 bits per heavy atom. The Hall–Kier alpha value is -2.35. The van der Waals surface area contributed by atoms with Crippen LogP contribution < -0.4 is 11.1 Å². The summed E-state index contributed by atoms with van der Waals surface area (Å²) in [6.07, 6.45) is 4.33. The summed E-state index contributed by atoms with van der Waals surface area (Å²) < 4.78 is 15.3. The van der Waals surface area contributed by atoms with Crippen LogP contribution in [-0.4, -0.2) is 31.7 Å². The summed E-state index contributed by atoms with van der Waals surface area (Å²) in [5.41, 5.74) is 6.01. The molecule has 0 saturated heterocycles. The molecule has 0 atom stereocenters. The van der Waals surface area contributed by atoms with Crippen LogP contribution in [0.25, 0.3) is 5.69 Å². The number of nitrogens with two attached hydrogens (primary N) is 1. The normalized spacial score (nSPS) is 17.0. The molecule has 0 unspecified atom stereocenters. The van der Waals surface area contributed by atoms with E-state index >= 15 is 0 Å². The van der Waals surface area contributed by atoms with E-state index in [1.54, 1.807) is 6.92 Å². The molecule has 0 radical (unpaired) electrons. The van der Waals surface area contributed by atoms with Crippen LogP contribution in [0.3, 0.4) is 0 Å². The van der Waals surface area contributed by atoms with Crippen LogP contribution in [0.15, 0.2) is 18.2 Å². The molecule has 2 aromatic rings. The molecule has 1 fully saturated rings. The molecule has 3 rings (SSSR count). The van der Waals surface area contributed by atoms with Gasteiger partial charge in [0.15, 0.2) is 5.82 Å². The van der Waals surface area contributed by atoms with Gasteiger partial charge in [-0.3, -0.25) is 4.79 Å². The van der Waals surface area contributed by atoms with Gasteiger partial charge in [-0.25, -0.2) is 4.39 Å². The van der Waals surface area contributed by atoms with Crippen molar-refractivity contribution in [3.63, 3.8) is 0 Å². The minimum Gasteiger partial charge on any atom is -0.324 e. The largest absolute Gasteiger partial charge is 0.324 e. The zero-order valence-corrected chi connectivity index (χ0v) is 12.9. The van der Waals surface area contributed by atoms with Gasteiger partial charge in [0.2, 0.25) is 5.91 Å². The van der Waals surface area contributed by atoms with Gasteiger partial charge in [0.05, 0.1) is 5.54 Å². The lowest BCUT2D eigenvalue weighted by Crippen LogP contribution is -2.52. The number of carbonyl (C=O) groups is 1. The second-order valence-electron chi connectivity index (χ2n) is 5.98. The average Bonchev–Trinajstić information content (AvgIpc) is 2.96. The Morgan fingerprint density at radius 3 is 2.74 bits per heavy atom. The van der Waals surface area contributed by atoms with Gasteiger partial charge in [0.25, 0.3) is 0 Å². The number of tetrazole rings is 1. The number of nitrogens with one attached hydrogen (secondary N) is 1. The first-order valence-electron chi connectivity index (χ1n) is 7.65. The van der Waals surface area contributed by atoms with E-state index in [9.17, 15) is 9.18 Å². The maximum Gasteiger partial charge on any atom is 0.244 e. The fourth-order valence-corrected chi connectivity index (χ4v) is 2.87. The van der Waals surface area contributed by atoms with Crippen molar-refractivity contribution >= 4 is 11.6 Å².